The van der Waals surface area contributed by atoms with Gasteiger partial charge in [-0.05, 0) is 25.9 Å². The molecule has 1 aliphatic rings. The van der Waals surface area contributed by atoms with E-state index in [9.17, 15) is 0 Å². The molecule has 12 heavy (non-hydrogen) atoms. The molecule has 0 radical (unpaired) electrons. The van der Waals surface area contributed by atoms with Crippen molar-refractivity contribution in [2.24, 2.45) is 0 Å². The first-order valence-corrected chi connectivity index (χ1v) is 4.97. The minimum Gasteiger partial charge on any atom is -0.395 e. The molecular formula is C9H20N2O. The molecule has 0 atom stereocenters. The highest BCUT2D eigenvalue weighted by molar-refractivity contribution is 4.65. The molecule has 1 rings (SSSR count). The molecule has 3 heteroatoms. The van der Waals surface area contributed by atoms with Gasteiger partial charge in [-0.1, -0.05) is 6.42 Å². The summed E-state index contributed by atoms with van der Waals surface area (Å²) >= 11 is 0. The lowest BCUT2D eigenvalue weighted by molar-refractivity contribution is 0.225. The van der Waals surface area contributed by atoms with Gasteiger partial charge in [0.1, 0.15) is 0 Å². The molecule has 0 aromatic carbocycles. The van der Waals surface area contributed by atoms with E-state index in [1.165, 1.54) is 32.4 Å². The number of hydrogen-bond acceptors (Lipinski definition) is 3. The molecule has 1 saturated heterocycles. The Hall–Kier alpha value is -0.120. The van der Waals surface area contributed by atoms with Gasteiger partial charge in [-0.25, -0.2) is 0 Å². The van der Waals surface area contributed by atoms with Crippen molar-refractivity contribution in [3.8, 4) is 0 Å². The van der Waals surface area contributed by atoms with E-state index in [2.05, 4.69) is 10.2 Å². The van der Waals surface area contributed by atoms with Crippen LogP contribution in [0.25, 0.3) is 0 Å². The van der Waals surface area contributed by atoms with Gasteiger partial charge in [0.15, 0.2) is 0 Å². The predicted molar refractivity (Wildman–Crippen MR) is 50.2 cm³/mol. The summed E-state index contributed by atoms with van der Waals surface area (Å²) in [6.45, 7) is 5.66. The second kappa shape index (κ2) is 6.40. The summed E-state index contributed by atoms with van der Waals surface area (Å²) < 4.78 is 0. The van der Waals surface area contributed by atoms with Crippen LogP contribution in [-0.4, -0.2) is 49.3 Å². The van der Waals surface area contributed by atoms with Gasteiger partial charge in [0.05, 0.1) is 6.61 Å². The molecule has 2 N–H and O–H groups in total. The smallest absolute Gasteiger partial charge is 0.0555 e. The van der Waals surface area contributed by atoms with Gasteiger partial charge in [-0.2, -0.15) is 0 Å². The number of aliphatic hydroxyl groups excluding tert-OH is 1. The van der Waals surface area contributed by atoms with Crippen LogP contribution in [0.15, 0.2) is 0 Å². The lowest BCUT2D eigenvalue weighted by Crippen LogP contribution is -2.36. The van der Waals surface area contributed by atoms with Crippen LogP contribution >= 0.6 is 0 Å². The van der Waals surface area contributed by atoms with Crippen molar-refractivity contribution < 1.29 is 5.11 Å². The van der Waals surface area contributed by atoms with Gasteiger partial charge in [0, 0.05) is 19.6 Å². The highest BCUT2D eigenvalue weighted by atomic mass is 16.3. The zero-order valence-electron chi connectivity index (χ0n) is 7.76. The maximum atomic E-state index is 8.53. The molecule has 1 fully saturated rings. The first-order chi connectivity index (χ1) is 5.93. The van der Waals surface area contributed by atoms with Gasteiger partial charge >= 0.3 is 0 Å². The third-order valence-corrected chi connectivity index (χ3v) is 2.34. The van der Waals surface area contributed by atoms with Gasteiger partial charge < -0.3 is 15.3 Å². The molecular weight excluding hydrogens is 152 g/mol. The van der Waals surface area contributed by atoms with Crippen molar-refractivity contribution in [1.29, 1.82) is 0 Å². The number of likely N-dealkylation sites (tertiary alicyclic amines) is 1. The van der Waals surface area contributed by atoms with Crippen LogP contribution in [0.4, 0.5) is 0 Å². The highest BCUT2D eigenvalue weighted by Crippen LogP contribution is 2.06. The van der Waals surface area contributed by atoms with E-state index in [1.54, 1.807) is 0 Å². The Morgan fingerprint density at radius 1 is 1.08 bits per heavy atom. The Balaban J connectivity index is 1.91. The van der Waals surface area contributed by atoms with E-state index < -0.39 is 0 Å². The second-order valence-electron chi connectivity index (χ2n) is 3.38. The SMILES string of the molecule is OCCNCCN1CCCCC1. The first-order valence-electron chi connectivity index (χ1n) is 4.97. The van der Waals surface area contributed by atoms with Crippen LogP contribution in [0.2, 0.25) is 0 Å². The third kappa shape index (κ3) is 4.04. The Labute approximate surface area is 74.8 Å². The topological polar surface area (TPSA) is 35.5 Å². The van der Waals surface area contributed by atoms with Gasteiger partial charge in [-0.15, -0.1) is 0 Å². The van der Waals surface area contributed by atoms with Crippen molar-refractivity contribution in [2.75, 3.05) is 39.3 Å². The fourth-order valence-corrected chi connectivity index (χ4v) is 1.62. The summed E-state index contributed by atoms with van der Waals surface area (Å²) in [5.41, 5.74) is 0. The Bertz CT molecular complexity index is 103. The van der Waals surface area contributed by atoms with Crippen LogP contribution in [0, 0.1) is 0 Å². The van der Waals surface area contributed by atoms with Crippen LogP contribution in [0.3, 0.4) is 0 Å². The average molecular weight is 172 g/mol. The molecule has 0 saturated carbocycles. The third-order valence-electron chi connectivity index (χ3n) is 2.34. The molecule has 0 aliphatic carbocycles. The van der Waals surface area contributed by atoms with Crippen LogP contribution in [0.5, 0.6) is 0 Å². The molecule has 0 bridgehead atoms. The molecule has 1 aliphatic heterocycles. The summed E-state index contributed by atoms with van der Waals surface area (Å²) in [6.07, 6.45) is 4.13. The monoisotopic (exact) mass is 172 g/mol. The molecule has 1 heterocycles. The summed E-state index contributed by atoms with van der Waals surface area (Å²) in [4.78, 5) is 2.49. The summed E-state index contributed by atoms with van der Waals surface area (Å²) in [5, 5.41) is 11.7. The molecule has 0 unspecified atom stereocenters. The summed E-state index contributed by atoms with van der Waals surface area (Å²) in [6, 6.07) is 0. The standard InChI is InChI=1S/C9H20N2O/c12-9-5-10-4-8-11-6-2-1-3-7-11/h10,12H,1-9H2. The fraction of sp³-hybridized carbons (Fsp3) is 1.00. The van der Waals surface area contributed by atoms with E-state index in [0.29, 0.717) is 0 Å². The van der Waals surface area contributed by atoms with Crippen molar-refractivity contribution in [2.45, 2.75) is 19.3 Å². The normalized spacial score (nSPS) is 19.8. The number of aliphatic hydroxyl groups is 1. The van der Waals surface area contributed by atoms with E-state index >= 15 is 0 Å². The molecule has 0 aromatic rings. The van der Waals surface area contributed by atoms with Crippen molar-refractivity contribution in [3.05, 3.63) is 0 Å². The maximum absolute atomic E-state index is 8.53. The minimum atomic E-state index is 0.250. The van der Waals surface area contributed by atoms with Gasteiger partial charge in [0.2, 0.25) is 0 Å². The number of nitrogens with zero attached hydrogens (tertiary/aromatic N) is 1. The number of rotatable bonds is 5. The molecule has 0 spiro atoms. The quantitative estimate of drug-likeness (QED) is 0.575. The molecule has 72 valence electrons. The minimum absolute atomic E-state index is 0.250. The Morgan fingerprint density at radius 2 is 1.83 bits per heavy atom. The highest BCUT2D eigenvalue weighted by Gasteiger charge is 2.08. The van der Waals surface area contributed by atoms with Gasteiger partial charge in [0.25, 0.3) is 0 Å². The van der Waals surface area contributed by atoms with Crippen molar-refractivity contribution in [3.63, 3.8) is 0 Å². The second-order valence-corrected chi connectivity index (χ2v) is 3.38. The maximum Gasteiger partial charge on any atom is 0.0555 e. The van der Waals surface area contributed by atoms with E-state index in [4.69, 9.17) is 5.11 Å². The fourth-order valence-electron chi connectivity index (χ4n) is 1.62. The first kappa shape index (κ1) is 9.96. The van der Waals surface area contributed by atoms with E-state index in [1.807, 2.05) is 0 Å². The van der Waals surface area contributed by atoms with E-state index in [-0.39, 0.29) is 6.61 Å². The molecule has 3 nitrogen and oxygen atoms in total. The average Bonchev–Trinajstić information content (AvgIpc) is 2.14. The summed E-state index contributed by atoms with van der Waals surface area (Å²) in [5.74, 6) is 0. The van der Waals surface area contributed by atoms with Crippen molar-refractivity contribution in [1.82, 2.24) is 10.2 Å². The number of piperidine rings is 1. The molecule has 0 amide bonds. The van der Waals surface area contributed by atoms with Gasteiger partial charge in [-0.3, -0.25) is 0 Å². The predicted octanol–water partition coefficient (Wildman–Crippen LogP) is 0.0542. The molecule has 0 aromatic heterocycles. The van der Waals surface area contributed by atoms with Crippen LogP contribution in [-0.2, 0) is 0 Å². The lowest BCUT2D eigenvalue weighted by atomic mass is 10.1. The number of nitrogens with one attached hydrogen (secondary N) is 1. The largest absolute Gasteiger partial charge is 0.395 e. The van der Waals surface area contributed by atoms with Crippen molar-refractivity contribution >= 4 is 0 Å². The van der Waals surface area contributed by atoms with E-state index in [0.717, 1.165) is 19.6 Å². The lowest BCUT2D eigenvalue weighted by Gasteiger charge is -2.26. The Morgan fingerprint density at radius 3 is 2.50 bits per heavy atom. The summed E-state index contributed by atoms with van der Waals surface area (Å²) in [7, 11) is 0. The zero-order valence-corrected chi connectivity index (χ0v) is 7.76. The van der Waals surface area contributed by atoms with Crippen LogP contribution < -0.4 is 5.32 Å². The Kier molecular flexibility index (Phi) is 5.32. The number of hydrogen-bond donors (Lipinski definition) is 2. The zero-order chi connectivity index (χ0) is 8.65. The van der Waals surface area contributed by atoms with Crippen LogP contribution in [0.1, 0.15) is 19.3 Å².